The van der Waals surface area contributed by atoms with Gasteiger partial charge in [0.1, 0.15) is 0 Å². The number of nitrogens with two attached hydrogens (primary N) is 1. The van der Waals surface area contributed by atoms with Crippen molar-refractivity contribution in [3.63, 3.8) is 0 Å². The van der Waals surface area contributed by atoms with Crippen LogP contribution in [0.4, 0.5) is 15.8 Å². The maximum atomic E-state index is 13.7. The van der Waals surface area contributed by atoms with Crippen molar-refractivity contribution in [2.75, 3.05) is 30.8 Å². The van der Waals surface area contributed by atoms with Crippen molar-refractivity contribution in [3.8, 4) is 5.75 Å². The predicted octanol–water partition coefficient (Wildman–Crippen LogP) is 3.04. The summed E-state index contributed by atoms with van der Waals surface area (Å²) in [4.78, 5) is 2.09. The van der Waals surface area contributed by atoms with Crippen LogP contribution >= 0.6 is 0 Å². The molecule has 0 bridgehead atoms. The molecule has 0 saturated heterocycles. The summed E-state index contributed by atoms with van der Waals surface area (Å²) in [5.74, 6) is 0.674. The number of nitrogens with zero attached hydrogens (tertiary/aromatic N) is 1. The van der Waals surface area contributed by atoms with Gasteiger partial charge in [0.15, 0.2) is 11.6 Å². The summed E-state index contributed by atoms with van der Waals surface area (Å²) in [5, 5.41) is 0. The van der Waals surface area contributed by atoms with E-state index in [1.165, 1.54) is 18.9 Å². The minimum Gasteiger partial charge on any atom is -0.490 e. The second kappa shape index (κ2) is 5.46. The Hall–Kier alpha value is -1.45. The average molecular weight is 252 g/mol. The SMILES string of the molecule is CCCOc1cc(N(C)CC2CC2)c(N)cc1F. The van der Waals surface area contributed by atoms with Crippen molar-refractivity contribution < 1.29 is 9.13 Å². The Morgan fingerprint density at radius 2 is 2.17 bits per heavy atom. The van der Waals surface area contributed by atoms with Gasteiger partial charge in [0.25, 0.3) is 0 Å². The molecule has 0 unspecified atom stereocenters. The van der Waals surface area contributed by atoms with Gasteiger partial charge in [-0.1, -0.05) is 6.92 Å². The van der Waals surface area contributed by atoms with E-state index >= 15 is 0 Å². The van der Waals surface area contributed by atoms with Crippen LogP contribution in [0.2, 0.25) is 0 Å². The normalized spacial score (nSPS) is 14.6. The fraction of sp³-hybridized carbons (Fsp3) is 0.571. The van der Waals surface area contributed by atoms with Crippen molar-refractivity contribution in [2.24, 2.45) is 5.92 Å². The molecule has 1 aromatic rings. The highest BCUT2D eigenvalue weighted by Gasteiger charge is 2.24. The van der Waals surface area contributed by atoms with Gasteiger partial charge in [-0.15, -0.1) is 0 Å². The summed E-state index contributed by atoms with van der Waals surface area (Å²) < 4.78 is 19.1. The summed E-state index contributed by atoms with van der Waals surface area (Å²) in [7, 11) is 1.99. The fourth-order valence-corrected chi connectivity index (χ4v) is 2.00. The molecule has 4 heteroatoms. The van der Waals surface area contributed by atoms with Crippen molar-refractivity contribution in [3.05, 3.63) is 17.9 Å². The van der Waals surface area contributed by atoms with E-state index in [1.54, 1.807) is 6.07 Å². The highest BCUT2D eigenvalue weighted by molar-refractivity contribution is 5.69. The molecular weight excluding hydrogens is 231 g/mol. The third-order valence-corrected chi connectivity index (χ3v) is 3.18. The topological polar surface area (TPSA) is 38.5 Å². The lowest BCUT2D eigenvalue weighted by Gasteiger charge is -2.22. The van der Waals surface area contributed by atoms with Crippen LogP contribution in [0.1, 0.15) is 26.2 Å². The van der Waals surface area contributed by atoms with E-state index in [4.69, 9.17) is 10.5 Å². The summed E-state index contributed by atoms with van der Waals surface area (Å²) in [6.45, 7) is 3.49. The summed E-state index contributed by atoms with van der Waals surface area (Å²) >= 11 is 0. The highest BCUT2D eigenvalue weighted by Crippen LogP contribution is 2.35. The molecule has 0 aromatic heterocycles. The predicted molar refractivity (Wildman–Crippen MR) is 72.6 cm³/mol. The molecule has 1 saturated carbocycles. The molecule has 0 spiro atoms. The van der Waals surface area contributed by atoms with Gasteiger partial charge < -0.3 is 15.4 Å². The lowest BCUT2D eigenvalue weighted by molar-refractivity contribution is 0.301. The smallest absolute Gasteiger partial charge is 0.167 e. The zero-order valence-electron chi connectivity index (χ0n) is 11.1. The van der Waals surface area contributed by atoms with Crippen molar-refractivity contribution >= 4 is 11.4 Å². The quantitative estimate of drug-likeness (QED) is 0.791. The van der Waals surface area contributed by atoms with Crippen LogP contribution in [-0.2, 0) is 0 Å². The van der Waals surface area contributed by atoms with Crippen LogP contribution in [-0.4, -0.2) is 20.2 Å². The minimum atomic E-state index is -0.385. The first-order chi connectivity index (χ1) is 8.61. The van der Waals surface area contributed by atoms with E-state index in [0.29, 0.717) is 18.0 Å². The maximum Gasteiger partial charge on any atom is 0.167 e. The number of hydrogen-bond acceptors (Lipinski definition) is 3. The Kier molecular flexibility index (Phi) is 3.94. The standard InChI is InChI=1S/C14H21FN2O/c1-3-6-18-14-8-13(12(16)7-11(14)15)17(2)9-10-4-5-10/h7-8,10H,3-6,9,16H2,1-2H3. The van der Waals surface area contributed by atoms with E-state index in [2.05, 4.69) is 4.90 Å². The Morgan fingerprint density at radius 3 is 2.78 bits per heavy atom. The Balaban J connectivity index is 2.16. The molecule has 1 aromatic carbocycles. The Bertz CT molecular complexity index is 419. The molecule has 1 aliphatic rings. The first-order valence-electron chi connectivity index (χ1n) is 6.54. The number of hydrogen-bond donors (Lipinski definition) is 1. The molecule has 0 aliphatic heterocycles. The molecule has 0 radical (unpaired) electrons. The second-order valence-electron chi connectivity index (χ2n) is 5.01. The van der Waals surface area contributed by atoms with Gasteiger partial charge in [0, 0.05) is 25.7 Å². The number of nitrogen functional groups attached to an aromatic ring is 1. The summed E-state index contributed by atoms with van der Waals surface area (Å²) in [5.41, 5.74) is 7.21. The molecule has 100 valence electrons. The van der Waals surface area contributed by atoms with Gasteiger partial charge in [0.2, 0.25) is 0 Å². The second-order valence-corrected chi connectivity index (χ2v) is 5.01. The lowest BCUT2D eigenvalue weighted by atomic mass is 10.2. The first-order valence-corrected chi connectivity index (χ1v) is 6.54. The first kappa shape index (κ1) is 13.0. The maximum absolute atomic E-state index is 13.7. The number of rotatable bonds is 6. The molecular formula is C14H21FN2O. The van der Waals surface area contributed by atoms with E-state index < -0.39 is 0 Å². The largest absolute Gasteiger partial charge is 0.490 e. The Morgan fingerprint density at radius 1 is 1.44 bits per heavy atom. The number of anilines is 2. The van der Waals surface area contributed by atoms with E-state index in [0.717, 1.165) is 24.6 Å². The number of benzene rings is 1. The van der Waals surface area contributed by atoms with Crippen molar-refractivity contribution in [2.45, 2.75) is 26.2 Å². The zero-order chi connectivity index (χ0) is 13.1. The summed E-state index contributed by atoms with van der Waals surface area (Å²) in [6.07, 6.45) is 3.42. The van der Waals surface area contributed by atoms with E-state index in [-0.39, 0.29) is 5.82 Å². The van der Waals surface area contributed by atoms with Gasteiger partial charge in [0.05, 0.1) is 18.0 Å². The highest BCUT2D eigenvalue weighted by atomic mass is 19.1. The fourth-order valence-electron chi connectivity index (χ4n) is 2.00. The Labute approximate surface area is 108 Å². The molecule has 3 nitrogen and oxygen atoms in total. The van der Waals surface area contributed by atoms with Crippen LogP contribution in [0.3, 0.4) is 0 Å². The lowest BCUT2D eigenvalue weighted by Crippen LogP contribution is -2.21. The van der Waals surface area contributed by atoms with Crippen molar-refractivity contribution in [1.29, 1.82) is 0 Å². The molecule has 2 N–H and O–H groups in total. The van der Waals surface area contributed by atoms with Crippen LogP contribution < -0.4 is 15.4 Å². The minimum absolute atomic E-state index is 0.295. The zero-order valence-corrected chi connectivity index (χ0v) is 11.1. The van der Waals surface area contributed by atoms with Crippen LogP contribution in [0.25, 0.3) is 0 Å². The van der Waals surface area contributed by atoms with Gasteiger partial charge in [-0.25, -0.2) is 4.39 Å². The van der Waals surface area contributed by atoms with Crippen LogP contribution in [0.5, 0.6) is 5.75 Å². The molecule has 2 rings (SSSR count). The summed E-state index contributed by atoms with van der Waals surface area (Å²) in [6, 6.07) is 3.06. The third kappa shape index (κ3) is 3.06. The van der Waals surface area contributed by atoms with E-state index in [1.807, 2.05) is 14.0 Å². The van der Waals surface area contributed by atoms with Gasteiger partial charge in [-0.2, -0.15) is 0 Å². The van der Waals surface area contributed by atoms with Gasteiger partial charge >= 0.3 is 0 Å². The van der Waals surface area contributed by atoms with Gasteiger partial charge in [-0.3, -0.25) is 0 Å². The third-order valence-electron chi connectivity index (χ3n) is 3.18. The molecule has 1 fully saturated rings. The molecule has 0 heterocycles. The number of halogens is 1. The molecule has 1 aliphatic carbocycles. The number of ether oxygens (including phenoxy) is 1. The average Bonchev–Trinajstić information content (AvgIpc) is 3.11. The monoisotopic (exact) mass is 252 g/mol. The van der Waals surface area contributed by atoms with Crippen LogP contribution in [0, 0.1) is 11.7 Å². The van der Waals surface area contributed by atoms with Gasteiger partial charge in [-0.05, 0) is 25.2 Å². The molecule has 0 atom stereocenters. The molecule has 18 heavy (non-hydrogen) atoms. The van der Waals surface area contributed by atoms with E-state index in [9.17, 15) is 4.39 Å². The van der Waals surface area contributed by atoms with Crippen molar-refractivity contribution in [1.82, 2.24) is 0 Å². The van der Waals surface area contributed by atoms with Crippen LogP contribution in [0.15, 0.2) is 12.1 Å². The molecule has 0 amide bonds.